The monoisotopic (exact) mass is 274 g/mol. The first-order chi connectivity index (χ1) is 9.61. The molecule has 0 aliphatic carbocycles. The van der Waals surface area contributed by atoms with Crippen LogP contribution in [0.25, 0.3) is 0 Å². The summed E-state index contributed by atoms with van der Waals surface area (Å²) in [5.74, 6) is -0.364. The number of nitrogens with one attached hydrogen (secondary N) is 1. The van der Waals surface area contributed by atoms with Gasteiger partial charge in [-0.25, -0.2) is 4.79 Å². The number of carbonyl (C=O) groups is 1. The van der Waals surface area contributed by atoms with E-state index >= 15 is 0 Å². The van der Waals surface area contributed by atoms with Crippen LogP contribution in [-0.4, -0.2) is 22.4 Å². The molecule has 1 heterocycles. The van der Waals surface area contributed by atoms with Crippen LogP contribution in [0.5, 0.6) is 0 Å². The van der Waals surface area contributed by atoms with Gasteiger partial charge in [0, 0.05) is 13.2 Å². The Labute approximate surface area is 117 Å². The third-order valence-electron chi connectivity index (χ3n) is 2.95. The lowest BCUT2D eigenvalue weighted by atomic mass is 10.1. The number of rotatable bonds is 5. The zero-order valence-electron chi connectivity index (χ0n) is 11.6. The van der Waals surface area contributed by atoms with Gasteiger partial charge in [0.15, 0.2) is 0 Å². The van der Waals surface area contributed by atoms with Crippen LogP contribution in [0, 0.1) is 0 Å². The minimum absolute atomic E-state index is 0.346. The van der Waals surface area contributed by atoms with Crippen molar-refractivity contribution in [2.45, 2.75) is 13.5 Å². The summed E-state index contributed by atoms with van der Waals surface area (Å²) < 4.78 is 6.72. The summed E-state index contributed by atoms with van der Waals surface area (Å²) in [5.41, 5.74) is 8.72. The first-order valence-corrected chi connectivity index (χ1v) is 6.39. The zero-order chi connectivity index (χ0) is 14.5. The topological polar surface area (TPSA) is 82.2 Å². The molecule has 106 valence electrons. The fourth-order valence-electron chi connectivity index (χ4n) is 1.83. The van der Waals surface area contributed by atoms with Crippen LogP contribution >= 0.6 is 0 Å². The van der Waals surface area contributed by atoms with Crippen LogP contribution in [-0.2, 0) is 18.3 Å². The van der Waals surface area contributed by atoms with E-state index in [2.05, 4.69) is 10.4 Å². The molecule has 20 heavy (non-hydrogen) atoms. The van der Waals surface area contributed by atoms with Gasteiger partial charge in [0.25, 0.3) is 0 Å². The summed E-state index contributed by atoms with van der Waals surface area (Å²) in [6.45, 7) is 2.73. The lowest BCUT2D eigenvalue weighted by Crippen LogP contribution is -2.09. The van der Waals surface area contributed by atoms with Crippen LogP contribution < -0.4 is 11.1 Å². The summed E-state index contributed by atoms with van der Waals surface area (Å²) in [5, 5.41) is 7.31. The van der Waals surface area contributed by atoms with Gasteiger partial charge in [0.2, 0.25) is 0 Å². The standard InChI is InChI=1S/C14H18N4O2/c1-3-20-14(19)10-4-5-13(12(15)8-10)16-9-11-6-7-17-18(11)2/h4-8,16H,3,9,15H2,1-2H3. The maximum atomic E-state index is 11.6. The van der Waals surface area contributed by atoms with Crippen molar-refractivity contribution < 1.29 is 9.53 Å². The highest BCUT2D eigenvalue weighted by Gasteiger charge is 2.09. The summed E-state index contributed by atoms with van der Waals surface area (Å²) in [4.78, 5) is 11.6. The number of benzene rings is 1. The third-order valence-corrected chi connectivity index (χ3v) is 2.95. The van der Waals surface area contributed by atoms with Crippen molar-refractivity contribution in [1.82, 2.24) is 9.78 Å². The van der Waals surface area contributed by atoms with Crippen molar-refractivity contribution in [3.63, 3.8) is 0 Å². The number of nitrogens with zero attached hydrogens (tertiary/aromatic N) is 2. The average molecular weight is 274 g/mol. The summed E-state index contributed by atoms with van der Waals surface area (Å²) in [6, 6.07) is 7.01. The minimum Gasteiger partial charge on any atom is -0.462 e. The smallest absolute Gasteiger partial charge is 0.338 e. The van der Waals surface area contributed by atoms with Crippen molar-refractivity contribution >= 4 is 17.3 Å². The number of hydrogen-bond donors (Lipinski definition) is 2. The average Bonchev–Trinajstić information content (AvgIpc) is 2.83. The Morgan fingerprint density at radius 1 is 1.45 bits per heavy atom. The second-order valence-electron chi connectivity index (χ2n) is 4.32. The molecule has 3 N–H and O–H groups in total. The number of carbonyl (C=O) groups excluding carboxylic acids is 1. The Balaban J connectivity index is 2.06. The van der Waals surface area contributed by atoms with Gasteiger partial charge in [-0.3, -0.25) is 4.68 Å². The third kappa shape index (κ3) is 3.09. The molecule has 0 atom stereocenters. The van der Waals surface area contributed by atoms with Crippen LogP contribution in [0.1, 0.15) is 23.0 Å². The first-order valence-electron chi connectivity index (χ1n) is 6.39. The largest absolute Gasteiger partial charge is 0.462 e. The van der Waals surface area contributed by atoms with E-state index in [-0.39, 0.29) is 5.97 Å². The predicted molar refractivity (Wildman–Crippen MR) is 77.3 cm³/mol. The molecule has 0 saturated carbocycles. The van der Waals surface area contributed by atoms with Gasteiger partial charge >= 0.3 is 5.97 Å². The lowest BCUT2D eigenvalue weighted by molar-refractivity contribution is 0.0526. The lowest BCUT2D eigenvalue weighted by Gasteiger charge is -2.11. The zero-order valence-corrected chi connectivity index (χ0v) is 11.6. The van der Waals surface area contributed by atoms with Gasteiger partial charge in [0.05, 0.1) is 35.8 Å². The number of nitrogen functional groups attached to an aromatic ring is 1. The molecular weight excluding hydrogens is 256 g/mol. The molecule has 0 fully saturated rings. The molecular formula is C14H18N4O2. The SMILES string of the molecule is CCOC(=O)c1ccc(NCc2ccnn2C)c(N)c1. The van der Waals surface area contributed by atoms with E-state index < -0.39 is 0 Å². The van der Waals surface area contributed by atoms with Crippen molar-refractivity contribution in [2.75, 3.05) is 17.7 Å². The van der Waals surface area contributed by atoms with E-state index in [4.69, 9.17) is 10.5 Å². The molecule has 6 nitrogen and oxygen atoms in total. The highest BCUT2D eigenvalue weighted by atomic mass is 16.5. The molecule has 0 radical (unpaired) electrons. The predicted octanol–water partition coefficient (Wildman–Crippen LogP) is 1.79. The summed E-state index contributed by atoms with van der Waals surface area (Å²) >= 11 is 0. The first kappa shape index (κ1) is 13.9. The summed E-state index contributed by atoms with van der Waals surface area (Å²) in [7, 11) is 1.88. The highest BCUT2D eigenvalue weighted by Crippen LogP contribution is 2.21. The highest BCUT2D eigenvalue weighted by molar-refractivity contribution is 5.91. The van der Waals surface area contributed by atoms with Crippen LogP contribution in [0.15, 0.2) is 30.5 Å². The Morgan fingerprint density at radius 2 is 2.25 bits per heavy atom. The fourth-order valence-corrected chi connectivity index (χ4v) is 1.83. The molecule has 0 unspecified atom stereocenters. The normalized spacial score (nSPS) is 10.3. The number of esters is 1. The fraction of sp³-hybridized carbons (Fsp3) is 0.286. The molecule has 0 bridgehead atoms. The number of ether oxygens (including phenoxy) is 1. The van der Waals surface area contributed by atoms with E-state index in [1.807, 2.05) is 13.1 Å². The number of nitrogens with two attached hydrogens (primary N) is 1. The van der Waals surface area contributed by atoms with Crippen LogP contribution in [0.2, 0.25) is 0 Å². The molecule has 0 aliphatic rings. The maximum Gasteiger partial charge on any atom is 0.338 e. The van der Waals surface area contributed by atoms with E-state index in [1.165, 1.54) is 0 Å². The van der Waals surface area contributed by atoms with Gasteiger partial charge in [-0.1, -0.05) is 0 Å². The molecule has 1 aromatic heterocycles. The van der Waals surface area contributed by atoms with Gasteiger partial charge in [-0.05, 0) is 31.2 Å². The van der Waals surface area contributed by atoms with Gasteiger partial charge in [-0.15, -0.1) is 0 Å². The van der Waals surface area contributed by atoms with Gasteiger partial charge in [-0.2, -0.15) is 5.10 Å². The van der Waals surface area contributed by atoms with Crippen molar-refractivity contribution in [3.8, 4) is 0 Å². The quantitative estimate of drug-likeness (QED) is 0.641. The molecule has 6 heteroatoms. The molecule has 0 spiro atoms. The number of aromatic nitrogens is 2. The van der Waals surface area contributed by atoms with Crippen molar-refractivity contribution in [1.29, 1.82) is 0 Å². The van der Waals surface area contributed by atoms with Gasteiger partial charge < -0.3 is 15.8 Å². The Hall–Kier alpha value is -2.50. The van der Waals surface area contributed by atoms with E-state index in [0.29, 0.717) is 24.4 Å². The maximum absolute atomic E-state index is 11.6. The van der Waals surface area contributed by atoms with Crippen molar-refractivity contribution in [3.05, 3.63) is 41.7 Å². The molecule has 2 rings (SSSR count). The second kappa shape index (κ2) is 6.10. The number of aryl methyl sites for hydroxylation is 1. The van der Waals surface area contributed by atoms with Crippen LogP contribution in [0.4, 0.5) is 11.4 Å². The molecule has 0 amide bonds. The van der Waals surface area contributed by atoms with Crippen LogP contribution in [0.3, 0.4) is 0 Å². The molecule has 1 aromatic carbocycles. The number of anilines is 2. The minimum atomic E-state index is -0.364. The van der Waals surface area contributed by atoms with Gasteiger partial charge in [0.1, 0.15) is 0 Å². The van der Waals surface area contributed by atoms with E-state index in [0.717, 1.165) is 11.4 Å². The van der Waals surface area contributed by atoms with Crippen molar-refractivity contribution in [2.24, 2.45) is 7.05 Å². The second-order valence-corrected chi connectivity index (χ2v) is 4.32. The Morgan fingerprint density at radius 3 is 2.85 bits per heavy atom. The Bertz CT molecular complexity index is 607. The summed E-state index contributed by atoms with van der Waals surface area (Å²) in [6.07, 6.45) is 1.74. The molecule has 2 aromatic rings. The number of hydrogen-bond acceptors (Lipinski definition) is 5. The van der Waals surface area contributed by atoms with E-state index in [9.17, 15) is 4.79 Å². The molecule has 0 aliphatic heterocycles. The Kier molecular flexibility index (Phi) is 4.24. The molecule has 0 saturated heterocycles. The van der Waals surface area contributed by atoms with E-state index in [1.54, 1.807) is 36.0 Å².